The topological polar surface area (TPSA) is 161 Å². The van der Waals surface area contributed by atoms with Gasteiger partial charge in [-0.3, -0.25) is 19.5 Å². The lowest BCUT2D eigenvalue weighted by atomic mass is 9.94. The molecule has 3 aromatic heterocycles. The van der Waals surface area contributed by atoms with Crippen molar-refractivity contribution in [1.82, 2.24) is 24.7 Å². The zero-order valence-electron chi connectivity index (χ0n) is 18.7. The van der Waals surface area contributed by atoms with E-state index >= 15 is 0 Å². The maximum Gasteiger partial charge on any atom is 0.263 e. The SMILES string of the molecule is CC1([C@@H](O)C(=O)Nc2ccc3c(N)ncnc3c2)OCCN(c2ccn(-c3ccncc3)n2)C1=O. The molecule has 5 rings (SSSR count). The van der Waals surface area contributed by atoms with E-state index in [0.717, 1.165) is 5.69 Å². The third-order valence-electron chi connectivity index (χ3n) is 5.87. The zero-order valence-corrected chi connectivity index (χ0v) is 18.7. The van der Waals surface area contributed by atoms with Crippen LogP contribution in [0.5, 0.6) is 0 Å². The molecule has 0 aliphatic carbocycles. The molecule has 2 amide bonds. The molecule has 35 heavy (non-hydrogen) atoms. The van der Waals surface area contributed by atoms with Crippen LogP contribution in [0.1, 0.15) is 6.92 Å². The summed E-state index contributed by atoms with van der Waals surface area (Å²) in [7, 11) is 0. The number of pyridine rings is 1. The zero-order chi connectivity index (χ0) is 24.6. The van der Waals surface area contributed by atoms with Crippen molar-refractivity contribution in [3.8, 4) is 5.69 Å². The first-order chi connectivity index (χ1) is 16.9. The van der Waals surface area contributed by atoms with Crippen LogP contribution in [0.2, 0.25) is 0 Å². The lowest BCUT2D eigenvalue weighted by Gasteiger charge is -2.40. The summed E-state index contributed by atoms with van der Waals surface area (Å²) >= 11 is 0. The number of carbonyl (C=O) groups is 2. The normalized spacial score (nSPS) is 19.0. The van der Waals surface area contributed by atoms with Crippen molar-refractivity contribution < 1.29 is 19.4 Å². The summed E-state index contributed by atoms with van der Waals surface area (Å²) < 4.78 is 7.25. The number of fused-ring (bicyclic) bond motifs is 1. The third-order valence-corrected chi connectivity index (χ3v) is 5.87. The molecular weight excluding hydrogens is 452 g/mol. The number of ether oxygens (including phenoxy) is 1. The van der Waals surface area contributed by atoms with Gasteiger partial charge in [0.15, 0.2) is 17.5 Å². The van der Waals surface area contributed by atoms with Crippen LogP contribution in [0.4, 0.5) is 17.3 Å². The van der Waals surface area contributed by atoms with Crippen molar-refractivity contribution in [2.45, 2.75) is 18.6 Å². The largest absolute Gasteiger partial charge is 0.383 e. The van der Waals surface area contributed by atoms with Crippen LogP contribution in [-0.4, -0.2) is 66.5 Å². The Bertz CT molecular complexity index is 1410. The monoisotopic (exact) mass is 474 g/mol. The quantitative estimate of drug-likeness (QED) is 0.382. The Labute approximate surface area is 199 Å². The van der Waals surface area contributed by atoms with Gasteiger partial charge in [-0.2, -0.15) is 0 Å². The van der Waals surface area contributed by atoms with Crippen molar-refractivity contribution in [3.63, 3.8) is 0 Å². The van der Waals surface area contributed by atoms with Gasteiger partial charge in [0.25, 0.3) is 11.8 Å². The molecule has 4 N–H and O–H groups in total. The first-order valence-electron chi connectivity index (χ1n) is 10.8. The molecule has 0 spiro atoms. The number of nitrogens with two attached hydrogens (primary N) is 1. The first-order valence-corrected chi connectivity index (χ1v) is 10.8. The number of nitrogen functional groups attached to an aromatic ring is 1. The Hall–Kier alpha value is -4.42. The van der Waals surface area contributed by atoms with Crippen LogP contribution in [0.3, 0.4) is 0 Å². The molecule has 1 aromatic carbocycles. The standard InChI is InChI=1S/C23H22N8O4/c1-23(19(32)21(33)28-14-2-3-16-17(12-14)26-13-27-20(16)24)22(34)30(10-11-35-23)18-6-9-31(29-18)15-4-7-25-8-5-15/h2-9,12-13,19,32H,10-11H2,1H3,(H,28,33)(H2,24,26,27)/t19-,23?/m0/s1. The van der Waals surface area contributed by atoms with Gasteiger partial charge in [0, 0.05) is 35.7 Å². The number of benzene rings is 1. The Morgan fingerprint density at radius 3 is 2.83 bits per heavy atom. The number of rotatable bonds is 5. The number of aliphatic hydroxyl groups excluding tert-OH is 1. The summed E-state index contributed by atoms with van der Waals surface area (Å²) in [6.07, 6.45) is 4.52. The molecule has 1 saturated heterocycles. The number of aromatic nitrogens is 5. The highest BCUT2D eigenvalue weighted by Gasteiger charge is 2.51. The van der Waals surface area contributed by atoms with Gasteiger partial charge < -0.3 is 20.9 Å². The Balaban J connectivity index is 1.34. The van der Waals surface area contributed by atoms with Gasteiger partial charge in [-0.25, -0.2) is 14.6 Å². The van der Waals surface area contributed by atoms with E-state index in [2.05, 4.69) is 25.4 Å². The maximum atomic E-state index is 13.4. The van der Waals surface area contributed by atoms with Gasteiger partial charge in [0.05, 0.1) is 24.4 Å². The Kier molecular flexibility index (Phi) is 5.59. The lowest BCUT2D eigenvalue weighted by Crippen LogP contribution is -2.63. The molecule has 178 valence electrons. The fraction of sp³-hybridized carbons (Fsp3) is 0.217. The van der Waals surface area contributed by atoms with E-state index in [0.29, 0.717) is 28.2 Å². The smallest absolute Gasteiger partial charge is 0.263 e. The van der Waals surface area contributed by atoms with Crippen LogP contribution in [0.15, 0.2) is 61.3 Å². The molecule has 0 bridgehead atoms. The van der Waals surface area contributed by atoms with Crippen molar-refractivity contribution in [2.75, 3.05) is 29.1 Å². The average Bonchev–Trinajstić information content (AvgIpc) is 3.36. The predicted octanol–water partition coefficient (Wildman–Crippen LogP) is 0.914. The highest BCUT2D eigenvalue weighted by molar-refractivity contribution is 6.06. The first kappa shape index (κ1) is 22.4. The summed E-state index contributed by atoms with van der Waals surface area (Å²) in [6.45, 7) is 1.72. The predicted molar refractivity (Wildman–Crippen MR) is 127 cm³/mol. The van der Waals surface area contributed by atoms with E-state index in [1.807, 2.05) is 0 Å². The molecule has 4 aromatic rings. The second-order valence-electron chi connectivity index (χ2n) is 8.12. The molecule has 1 fully saturated rings. The number of amides is 2. The number of carbonyl (C=O) groups excluding carboxylic acids is 2. The Morgan fingerprint density at radius 2 is 2.03 bits per heavy atom. The number of anilines is 3. The number of aliphatic hydroxyl groups is 1. The minimum atomic E-state index is -1.81. The van der Waals surface area contributed by atoms with E-state index in [1.165, 1.54) is 18.2 Å². The average molecular weight is 474 g/mol. The fourth-order valence-electron chi connectivity index (χ4n) is 3.91. The lowest BCUT2D eigenvalue weighted by molar-refractivity contribution is -0.170. The molecule has 0 radical (unpaired) electrons. The summed E-state index contributed by atoms with van der Waals surface area (Å²) in [5.41, 5.74) is 5.70. The summed E-state index contributed by atoms with van der Waals surface area (Å²) in [6, 6.07) is 10.1. The number of morpholine rings is 1. The number of hydrogen-bond donors (Lipinski definition) is 3. The number of hydrogen-bond acceptors (Lipinski definition) is 9. The van der Waals surface area contributed by atoms with E-state index in [-0.39, 0.29) is 13.2 Å². The van der Waals surface area contributed by atoms with E-state index in [4.69, 9.17) is 10.5 Å². The Morgan fingerprint density at radius 1 is 1.23 bits per heavy atom. The highest BCUT2D eigenvalue weighted by atomic mass is 16.5. The van der Waals surface area contributed by atoms with Gasteiger partial charge in [-0.15, -0.1) is 5.10 Å². The van der Waals surface area contributed by atoms with Crippen molar-refractivity contribution in [3.05, 3.63) is 61.3 Å². The van der Waals surface area contributed by atoms with Gasteiger partial charge in [-0.1, -0.05) is 0 Å². The molecule has 2 atom stereocenters. The minimum absolute atomic E-state index is 0.112. The van der Waals surface area contributed by atoms with Crippen LogP contribution in [0, 0.1) is 0 Å². The second-order valence-corrected chi connectivity index (χ2v) is 8.12. The minimum Gasteiger partial charge on any atom is -0.383 e. The number of nitrogens with one attached hydrogen (secondary N) is 1. The van der Waals surface area contributed by atoms with E-state index in [9.17, 15) is 14.7 Å². The van der Waals surface area contributed by atoms with E-state index in [1.54, 1.807) is 59.7 Å². The van der Waals surface area contributed by atoms with Crippen molar-refractivity contribution in [1.29, 1.82) is 0 Å². The molecule has 4 heterocycles. The number of nitrogens with zero attached hydrogens (tertiary/aromatic N) is 6. The molecule has 1 aliphatic heterocycles. The molecule has 0 saturated carbocycles. The summed E-state index contributed by atoms with van der Waals surface area (Å²) in [4.78, 5) is 39.7. The van der Waals surface area contributed by atoms with Gasteiger partial charge in [0.1, 0.15) is 12.1 Å². The summed E-state index contributed by atoms with van der Waals surface area (Å²) in [5.74, 6) is -0.689. The molecule has 12 nitrogen and oxygen atoms in total. The van der Waals surface area contributed by atoms with Crippen LogP contribution in [0.25, 0.3) is 16.6 Å². The highest BCUT2D eigenvalue weighted by Crippen LogP contribution is 2.28. The molecule has 1 unspecified atom stereocenters. The third kappa shape index (κ3) is 4.05. The van der Waals surface area contributed by atoms with Crippen LogP contribution in [-0.2, 0) is 14.3 Å². The van der Waals surface area contributed by atoms with Crippen LogP contribution >= 0.6 is 0 Å². The van der Waals surface area contributed by atoms with Gasteiger partial charge in [0.2, 0.25) is 0 Å². The molecule has 1 aliphatic rings. The molecular formula is C23H22N8O4. The maximum absolute atomic E-state index is 13.4. The van der Waals surface area contributed by atoms with Crippen LogP contribution < -0.4 is 16.0 Å². The van der Waals surface area contributed by atoms with Gasteiger partial charge >= 0.3 is 0 Å². The van der Waals surface area contributed by atoms with Crippen molar-refractivity contribution in [2.24, 2.45) is 0 Å². The van der Waals surface area contributed by atoms with Gasteiger partial charge in [-0.05, 0) is 37.3 Å². The van der Waals surface area contributed by atoms with E-state index < -0.39 is 23.5 Å². The second kappa shape index (κ2) is 8.74. The summed E-state index contributed by atoms with van der Waals surface area (Å²) in [5, 5.41) is 18.6. The fourth-order valence-corrected chi connectivity index (χ4v) is 3.91. The molecule has 12 heteroatoms. The van der Waals surface area contributed by atoms with Crippen molar-refractivity contribution >= 4 is 40.0 Å².